The van der Waals surface area contributed by atoms with Crippen molar-refractivity contribution < 1.29 is 0 Å². The van der Waals surface area contributed by atoms with Gasteiger partial charge in [0, 0.05) is 32.2 Å². The van der Waals surface area contributed by atoms with Gasteiger partial charge in [0.1, 0.15) is 18.7 Å². The lowest BCUT2D eigenvalue weighted by molar-refractivity contribution is 0.0898. The second kappa shape index (κ2) is 6.11. The normalized spacial score (nSPS) is 22.8. The Bertz CT molecular complexity index is 683. The number of benzene rings is 1. The summed E-state index contributed by atoms with van der Waals surface area (Å²) in [7, 11) is 0. The fourth-order valence-electron chi connectivity index (χ4n) is 3.31. The fraction of sp³-hybridized carbons (Fsp3) is 0.471. The summed E-state index contributed by atoms with van der Waals surface area (Å²) in [5.74, 6) is 0. The summed E-state index contributed by atoms with van der Waals surface area (Å²) in [6.45, 7) is 3.80. The number of nitrogens with zero attached hydrogens (tertiary/aromatic N) is 6. The van der Waals surface area contributed by atoms with Crippen LogP contribution in [0.4, 0.5) is 0 Å². The van der Waals surface area contributed by atoms with Crippen LogP contribution in [0.3, 0.4) is 0 Å². The van der Waals surface area contributed by atoms with Gasteiger partial charge >= 0.3 is 0 Å². The maximum Gasteiger partial charge on any atom is 0.138 e. The highest BCUT2D eigenvalue weighted by molar-refractivity contribution is 5.33. The van der Waals surface area contributed by atoms with Crippen LogP contribution in [0, 0.1) is 11.3 Å². The maximum atomic E-state index is 9.43. The number of hydrogen-bond donors (Lipinski definition) is 0. The summed E-state index contributed by atoms with van der Waals surface area (Å²) in [6.07, 6.45) is 5.77. The lowest BCUT2D eigenvalue weighted by Gasteiger charge is -2.38. The van der Waals surface area contributed by atoms with Crippen LogP contribution in [-0.2, 0) is 6.54 Å². The Balaban J connectivity index is 1.39. The van der Waals surface area contributed by atoms with Crippen LogP contribution in [0.2, 0.25) is 0 Å². The van der Waals surface area contributed by atoms with E-state index in [2.05, 4.69) is 50.2 Å². The van der Waals surface area contributed by atoms with Crippen LogP contribution in [0.1, 0.15) is 18.4 Å². The predicted octanol–water partition coefficient (Wildman–Crippen LogP) is 1.44. The zero-order valence-electron chi connectivity index (χ0n) is 13.0. The Morgan fingerprint density at radius 2 is 2.00 bits per heavy atom. The molecule has 1 unspecified atom stereocenters. The Hall–Kier alpha value is -2.23. The van der Waals surface area contributed by atoms with Crippen LogP contribution >= 0.6 is 0 Å². The molecular formula is C17H20N6. The van der Waals surface area contributed by atoms with Gasteiger partial charge in [0.05, 0.1) is 11.8 Å². The molecule has 23 heavy (non-hydrogen) atoms. The van der Waals surface area contributed by atoms with E-state index in [0.29, 0.717) is 6.04 Å². The van der Waals surface area contributed by atoms with Gasteiger partial charge in [-0.2, -0.15) is 10.4 Å². The van der Waals surface area contributed by atoms with E-state index in [9.17, 15) is 5.26 Å². The van der Waals surface area contributed by atoms with Crippen LogP contribution < -0.4 is 0 Å². The average Bonchev–Trinajstić information content (AvgIpc) is 3.29. The van der Waals surface area contributed by atoms with Crippen molar-refractivity contribution in [2.24, 2.45) is 0 Å². The summed E-state index contributed by atoms with van der Waals surface area (Å²) < 4.78 is 1.75. The molecule has 1 aliphatic heterocycles. The first-order chi connectivity index (χ1) is 11.3. The summed E-state index contributed by atoms with van der Waals surface area (Å²) >= 11 is 0. The van der Waals surface area contributed by atoms with Crippen molar-refractivity contribution in [3.63, 3.8) is 0 Å². The molecule has 0 amide bonds. The summed E-state index contributed by atoms with van der Waals surface area (Å²) in [6, 6.07) is 11.6. The quantitative estimate of drug-likeness (QED) is 0.855. The van der Waals surface area contributed by atoms with Gasteiger partial charge in [-0.05, 0) is 30.5 Å². The lowest BCUT2D eigenvalue weighted by atomic mass is 10.1. The standard InChI is InChI=1S/C17H20N6/c18-9-17-11-21(7-8-22(17)15-5-6-15)10-14-1-3-16(4-2-14)23-13-19-12-20-23/h1-4,12-13,15,17H,5-8,10-11H2. The molecule has 1 saturated carbocycles. The molecule has 6 heteroatoms. The van der Waals surface area contributed by atoms with Crippen molar-refractivity contribution in [3.05, 3.63) is 42.5 Å². The van der Waals surface area contributed by atoms with E-state index in [0.717, 1.165) is 31.9 Å². The van der Waals surface area contributed by atoms with Gasteiger partial charge < -0.3 is 0 Å². The molecule has 6 nitrogen and oxygen atoms in total. The number of aromatic nitrogens is 3. The van der Waals surface area contributed by atoms with E-state index in [1.165, 1.54) is 24.7 Å². The first-order valence-electron chi connectivity index (χ1n) is 8.15. The average molecular weight is 308 g/mol. The van der Waals surface area contributed by atoms with Gasteiger partial charge in [-0.15, -0.1) is 0 Å². The second-order valence-electron chi connectivity index (χ2n) is 6.36. The molecule has 2 heterocycles. The highest BCUT2D eigenvalue weighted by Gasteiger charge is 2.37. The van der Waals surface area contributed by atoms with Gasteiger partial charge in [-0.1, -0.05) is 12.1 Å². The van der Waals surface area contributed by atoms with Crippen molar-refractivity contribution in [1.29, 1.82) is 5.26 Å². The lowest BCUT2D eigenvalue weighted by Crippen LogP contribution is -2.52. The molecule has 0 radical (unpaired) electrons. The van der Waals surface area contributed by atoms with E-state index < -0.39 is 0 Å². The third kappa shape index (κ3) is 3.11. The van der Waals surface area contributed by atoms with Crippen molar-refractivity contribution in [1.82, 2.24) is 24.6 Å². The minimum atomic E-state index is 0.0469. The third-order valence-electron chi connectivity index (χ3n) is 4.70. The monoisotopic (exact) mass is 308 g/mol. The van der Waals surface area contributed by atoms with E-state index in [1.54, 1.807) is 11.0 Å². The summed E-state index contributed by atoms with van der Waals surface area (Å²) in [4.78, 5) is 8.75. The van der Waals surface area contributed by atoms with Crippen molar-refractivity contribution in [2.75, 3.05) is 19.6 Å². The van der Waals surface area contributed by atoms with Crippen LogP contribution in [0.15, 0.2) is 36.9 Å². The Morgan fingerprint density at radius 1 is 1.17 bits per heavy atom. The van der Waals surface area contributed by atoms with Crippen molar-refractivity contribution in [2.45, 2.75) is 31.5 Å². The highest BCUT2D eigenvalue weighted by atomic mass is 15.3. The Morgan fingerprint density at radius 3 is 2.65 bits per heavy atom. The molecule has 2 aromatic rings. The van der Waals surface area contributed by atoms with Crippen molar-refractivity contribution >= 4 is 0 Å². The molecule has 1 aliphatic carbocycles. The number of piperazine rings is 1. The molecule has 1 saturated heterocycles. The van der Waals surface area contributed by atoms with Crippen LogP contribution in [-0.4, -0.2) is 56.3 Å². The molecular weight excluding hydrogens is 288 g/mol. The molecule has 0 N–H and O–H groups in total. The van der Waals surface area contributed by atoms with Gasteiger partial charge in [-0.3, -0.25) is 9.80 Å². The van der Waals surface area contributed by atoms with E-state index >= 15 is 0 Å². The summed E-state index contributed by atoms with van der Waals surface area (Å²) in [5, 5.41) is 13.6. The highest BCUT2D eigenvalue weighted by Crippen LogP contribution is 2.30. The number of rotatable bonds is 4. The first-order valence-corrected chi connectivity index (χ1v) is 8.15. The topological polar surface area (TPSA) is 61.0 Å². The fourth-order valence-corrected chi connectivity index (χ4v) is 3.31. The molecule has 1 aromatic carbocycles. The van der Waals surface area contributed by atoms with Crippen LogP contribution in [0.25, 0.3) is 5.69 Å². The second-order valence-corrected chi connectivity index (χ2v) is 6.36. The molecule has 2 aliphatic rings. The zero-order chi connectivity index (χ0) is 15.6. The molecule has 1 atom stereocenters. The molecule has 118 valence electrons. The Labute approximate surface area is 136 Å². The Kier molecular flexibility index (Phi) is 3.82. The van der Waals surface area contributed by atoms with Gasteiger partial charge in [-0.25, -0.2) is 9.67 Å². The molecule has 4 rings (SSSR count). The smallest absolute Gasteiger partial charge is 0.138 e. The van der Waals surface area contributed by atoms with E-state index in [4.69, 9.17) is 0 Å². The molecule has 2 fully saturated rings. The first kappa shape index (κ1) is 14.4. The largest absolute Gasteiger partial charge is 0.295 e. The van der Waals surface area contributed by atoms with Gasteiger partial charge in [0.25, 0.3) is 0 Å². The third-order valence-corrected chi connectivity index (χ3v) is 4.70. The molecule has 1 aromatic heterocycles. The van der Waals surface area contributed by atoms with E-state index in [1.807, 2.05) is 0 Å². The minimum absolute atomic E-state index is 0.0469. The molecule has 0 spiro atoms. The predicted molar refractivity (Wildman–Crippen MR) is 85.8 cm³/mol. The number of nitriles is 1. The minimum Gasteiger partial charge on any atom is -0.295 e. The van der Waals surface area contributed by atoms with Crippen LogP contribution in [0.5, 0.6) is 0 Å². The summed E-state index contributed by atoms with van der Waals surface area (Å²) in [5.41, 5.74) is 2.28. The van der Waals surface area contributed by atoms with Crippen molar-refractivity contribution in [3.8, 4) is 11.8 Å². The SMILES string of the molecule is N#CC1CN(Cc2ccc(-n3cncn3)cc2)CCN1C1CC1. The van der Waals surface area contributed by atoms with E-state index in [-0.39, 0.29) is 6.04 Å². The van der Waals surface area contributed by atoms with Gasteiger partial charge in [0.15, 0.2) is 0 Å². The number of hydrogen-bond acceptors (Lipinski definition) is 5. The zero-order valence-corrected chi connectivity index (χ0v) is 13.0. The molecule has 0 bridgehead atoms. The maximum absolute atomic E-state index is 9.43. The van der Waals surface area contributed by atoms with Gasteiger partial charge in [0.2, 0.25) is 0 Å².